The minimum atomic E-state index is 0.0375. The van der Waals surface area contributed by atoms with Crippen molar-refractivity contribution >= 4 is 11.7 Å². The van der Waals surface area contributed by atoms with Gasteiger partial charge in [-0.15, -0.1) is 0 Å². The molecule has 14 heavy (non-hydrogen) atoms. The van der Waals surface area contributed by atoms with Crippen molar-refractivity contribution in [1.29, 1.82) is 0 Å². The smallest absolute Gasteiger partial charge is 0.228 e. The third-order valence-corrected chi connectivity index (χ3v) is 2.43. The molecule has 2 rings (SSSR count). The van der Waals surface area contributed by atoms with Crippen molar-refractivity contribution in [2.75, 3.05) is 18.1 Å². The molecule has 5 heteroatoms. The van der Waals surface area contributed by atoms with Crippen LogP contribution < -0.4 is 4.90 Å². The molecular formula is C9H13N3O2. The van der Waals surface area contributed by atoms with E-state index in [-0.39, 0.29) is 18.4 Å². The fourth-order valence-corrected chi connectivity index (χ4v) is 1.67. The molecule has 0 spiro atoms. The van der Waals surface area contributed by atoms with Gasteiger partial charge in [0.05, 0.1) is 0 Å². The molecule has 0 aliphatic carbocycles. The monoisotopic (exact) mass is 195 g/mol. The molecule has 1 saturated heterocycles. The molecule has 5 nitrogen and oxygen atoms in total. The average molecular weight is 195 g/mol. The summed E-state index contributed by atoms with van der Waals surface area (Å²) in [4.78, 5) is 13.1. The predicted octanol–water partition coefficient (Wildman–Crippen LogP) is 0.0633. The fourth-order valence-electron chi connectivity index (χ4n) is 1.67. The molecule has 1 aliphatic heterocycles. The number of anilines is 1. The summed E-state index contributed by atoms with van der Waals surface area (Å²) < 4.78 is 0. The normalized spacial score (nSPS) is 22.0. The Kier molecular flexibility index (Phi) is 2.25. The number of hydrogen-bond donors (Lipinski definition) is 2. The number of H-pyrrole nitrogens is 1. The number of amides is 1. The standard InChI is InChI=1S/C9H13N3O2/c1-6-2-8(11-10-6)12-4-7(5-13)3-9(12)14/h2,7,13H,3-5H2,1H3,(H,10,11). The second-order valence-corrected chi connectivity index (χ2v) is 3.67. The Bertz CT molecular complexity index is 348. The Labute approximate surface area is 81.7 Å². The van der Waals surface area contributed by atoms with Crippen LogP contribution in [0.3, 0.4) is 0 Å². The van der Waals surface area contributed by atoms with Crippen molar-refractivity contribution in [2.45, 2.75) is 13.3 Å². The SMILES string of the molecule is Cc1cc(N2CC(CO)CC2=O)n[nH]1. The average Bonchev–Trinajstić information content (AvgIpc) is 2.71. The lowest BCUT2D eigenvalue weighted by molar-refractivity contribution is -0.117. The van der Waals surface area contributed by atoms with Gasteiger partial charge in [-0.25, -0.2) is 0 Å². The maximum absolute atomic E-state index is 11.5. The molecule has 2 N–H and O–H groups in total. The molecule has 2 heterocycles. The van der Waals surface area contributed by atoms with Crippen molar-refractivity contribution in [3.8, 4) is 0 Å². The zero-order valence-electron chi connectivity index (χ0n) is 8.03. The molecule has 76 valence electrons. The van der Waals surface area contributed by atoms with Gasteiger partial charge in [0.15, 0.2) is 5.82 Å². The lowest BCUT2D eigenvalue weighted by Crippen LogP contribution is -2.25. The zero-order chi connectivity index (χ0) is 10.1. The minimum Gasteiger partial charge on any atom is -0.396 e. The van der Waals surface area contributed by atoms with Crippen LogP contribution in [0.25, 0.3) is 0 Å². The van der Waals surface area contributed by atoms with E-state index < -0.39 is 0 Å². The third-order valence-electron chi connectivity index (χ3n) is 2.43. The first-order valence-electron chi connectivity index (χ1n) is 4.64. The first-order chi connectivity index (χ1) is 6.70. The maximum Gasteiger partial charge on any atom is 0.228 e. The van der Waals surface area contributed by atoms with E-state index in [9.17, 15) is 4.79 Å². The van der Waals surface area contributed by atoms with Crippen molar-refractivity contribution in [1.82, 2.24) is 10.2 Å². The van der Waals surface area contributed by atoms with Crippen molar-refractivity contribution in [3.63, 3.8) is 0 Å². The van der Waals surface area contributed by atoms with Crippen LogP contribution in [0.4, 0.5) is 5.82 Å². The second kappa shape index (κ2) is 3.42. The molecule has 1 atom stereocenters. The van der Waals surface area contributed by atoms with Crippen LogP contribution in [0, 0.1) is 12.8 Å². The van der Waals surface area contributed by atoms with Gasteiger partial charge in [-0.05, 0) is 6.92 Å². The van der Waals surface area contributed by atoms with Gasteiger partial charge in [-0.2, -0.15) is 5.10 Å². The highest BCUT2D eigenvalue weighted by Crippen LogP contribution is 2.23. The Balaban J connectivity index is 2.16. The number of aromatic nitrogens is 2. The summed E-state index contributed by atoms with van der Waals surface area (Å²) in [5, 5.41) is 15.8. The highest BCUT2D eigenvalue weighted by molar-refractivity contribution is 5.94. The summed E-state index contributed by atoms with van der Waals surface area (Å²) in [7, 11) is 0. The van der Waals surface area contributed by atoms with Crippen LogP contribution >= 0.6 is 0 Å². The Morgan fingerprint density at radius 1 is 1.79 bits per heavy atom. The van der Waals surface area contributed by atoms with E-state index in [0.717, 1.165) is 5.69 Å². The quantitative estimate of drug-likeness (QED) is 0.701. The first-order valence-corrected chi connectivity index (χ1v) is 4.64. The number of aromatic amines is 1. The summed E-state index contributed by atoms with van der Waals surface area (Å²) in [5.74, 6) is 0.749. The van der Waals surface area contributed by atoms with E-state index in [2.05, 4.69) is 10.2 Å². The van der Waals surface area contributed by atoms with Crippen molar-refractivity contribution in [2.24, 2.45) is 5.92 Å². The lowest BCUT2D eigenvalue weighted by Gasteiger charge is -2.11. The molecular weight excluding hydrogens is 182 g/mol. The van der Waals surface area contributed by atoms with Gasteiger partial charge in [-0.1, -0.05) is 0 Å². The summed E-state index contributed by atoms with van der Waals surface area (Å²) in [6.07, 6.45) is 0.419. The van der Waals surface area contributed by atoms with Crippen LogP contribution in [0.15, 0.2) is 6.07 Å². The number of nitrogens with zero attached hydrogens (tertiary/aromatic N) is 2. The topological polar surface area (TPSA) is 69.2 Å². The van der Waals surface area contributed by atoms with E-state index in [1.807, 2.05) is 13.0 Å². The Morgan fingerprint density at radius 3 is 3.07 bits per heavy atom. The summed E-state index contributed by atoms with van der Waals surface area (Å²) in [6, 6.07) is 1.83. The number of rotatable bonds is 2. The Hall–Kier alpha value is -1.36. The van der Waals surface area contributed by atoms with Gasteiger partial charge >= 0.3 is 0 Å². The highest BCUT2D eigenvalue weighted by atomic mass is 16.3. The summed E-state index contributed by atoms with van der Waals surface area (Å²) in [5.41, 5.74) is 0.931. The molecule has 1 aliphatic rings. The number of nitrogens with one attached hydrogen (secondary N) is 1. The number of aliphatic hydroxyl groups excluding tert-OH is 1. The van der Waals surface area contributed by atoms with Crippen LogP contribution in [0.2, 0.25) is 0 Å². The largest absolute Gasteiger partial charge is 0.396 e. The second-order valence-electron chi connectivity index (χ2n) is 3.67. The Morgan fingerprint density at radius 2 is 2.57 bits per heavy atom. The van der Waals surface area contributed by atoms with E-state index in [4.69, 9.17) is 5.11 Å². The zero-order valence-corrected chi connectivity index (χ0v) is 8.03. The van der Waals surface area contributed by atoms with Crippen LogP contribution in [-0.2, 0) is 4.79 Å². The first kappa shape index (κ1) is 9.21. The van der Waals surface area contributed by atoms with Crippen LogP contribution in [-0.4, -0.2) is 34.4 Å². The van der Waals surface area contributed by atoms with Crippen molar-refractivity contribution in [3.05, 3.63) is 11.8 Å². The molecule has 0 bridgehead atoms. The summed E-state index contributed by atoms with van der Waals surface area (Å²) in [6.45, 7) is 2.52. The molecule has 1 fully saturated rings. The van der Waals surface area contributed by atoms with Gasteiger partial charge in [-0.3, -0.25) is 14.8 Å². The van der Waals surface area contributed by atoms with E-state index in [0.29, 0.717) is 18.8 Å². The van der Waals surface area contributed by atoms with E-state index in [1.54, 1.807) is 4.90 Å². The van der Waals surface area contributed by atoms with Crippen LogP contribution in [0.1, 0.15) is 12.1 Å². The molecule has 1 amide bonds. The third kappa shape index (κ3) is 1.50. The van der Waals surface area contributed by atoms with E-state index >= 15 is 0 Å². The van der Waals surface area contributed by atoms with Crippen LogP contribution in [0.5, 0.6) is 0 Å². The number of aryl methyl sites for hydroxylation is 1. The lowest BCUT2D eigenvalue weighted by atomic mass is 10.1. The number of hydrogen-bond acceptors (Lipinski definition) is 3. The van der Waals surface area contributed by atoms with Gasteiger partial charge in [0.1, 0.15) is 0 Å². The summed E-state index contributed by atoms with van der Waals surface area (Å²) >= 11 is 0. The molecule has 1 unspecified atom stereocenters. The molecule has 1 aromatic rings. The number of carbonyl (C=O) groups excluding carboxylic acids is 1. The fraction of sp³-hybridized carbons (Fsp3) is 0.556. The highest BCUT2D eigenvalue weighted by Gasteiger charge is 2.31. The maximum atomic E-state index is 11.5. The minimum absolute atomic E-state index is 0.0375. The van der Waals surface area contributed by atoms with E-state index in [1.165, 1.54) is 0 Å². The predicted molar refractivity (Wildman–Crippen MR) is 50.9 cm³/mol. The molecule has 1 aromatic heterocycles. The van der Waals surface area contributed by atoms with Gasteiger partial charge in [0, 0.05) is 37.3 Å². The molecule has 0 radical (unpaired) electrons. The number of aliphatic hydroxyl groups is 1. The molecule has 0 aromatic carbocycles. The van der Waals surface area contributed by atoms with Gasteiger partial charge in [0.25, 0.3) is 0 Å². The number of carbonyl (C=O) groups is 1. The van der Waals surface area contributed by atoms with Gasteiger partial charge < -0.3 is 5.11 Å². The van der Waals surface area contributed by atoms with Crippen molar-refractivity contribution < 1.29 is 9.90 Å². The van der Waals surface area contributed by atoms with Gasteiger partial charge in [0.2, 0.25) is 5.91 Å². The molecule has 0 saturated carbocycles.